The zero-order valence-corrected chi connectivity index (χ0v) is 21.3. The number of nitrogens with one attached hydrogen (secondary N) is 5. The molecule has 3 unspecified atom stereocenters. The number of carbonyl (C=O) groups is 6. The van der Waals surface area contributed by atoms with Crippen LogP contribution in [0.3, 0.4) is 0 Å². The van der Waals surface area contributed by atoms with Gasteiger partial charge in [-0.2, -0.15) is 0 Å². The van der Waals surface area contributed by atoms with E-state index in [2.05, 4.69) is 26.6 Å². The normalized spacial score (nSPS) is 13.1. The van der Waals surface area contributed by atoms with Crippen LogP contribution in [0.2, 0.25) is 0 Å². The second-order valence-electron chi connectivity index (χ2n) is 8.45. The molecule has 0 rings (SSSR count). The van der Waals surface area contributed by atoms with Crippen molar-refractivity contribution in [2.45, 2.75) is 90.8 Å². The summed E-state index contributed by atoms with van der Waals surface area (Å²) in [5.41, 5.74) is 5.36. The Labute approximate surface area is 207 Å². The van der Waals surface area contributed by atoms with Gasteiger partial charge >= 0.3 is 0 Å². The Balaban J connectivity index is 4.56. The zero-order chi connectivity index (χ0) is 26.8. The Morgan fingerprint density at radius 3 is 2.09 bits per heavy atom. The Bertz CT molecular complexity index is 729. The molecule has 0 bridgehead atoms. The Morgan fingerprint density at radius 2 is 1.51 bits per heavy atom. The number of ketones is 1. The van der Waals surface area contributed by atoms with Gasteiger partial charge in [-0.1, -0.05) is 13.8 Å². The molecule has 0 aliphatic rings. The van der Waals surface area contributed by atoms with Crippen LogP contribution in [-0.2, 0) is 28.8 Å². The second-order valence-corrected chi connectivity index (χ2v) is 8.45. The summed E-state index contributed by atoms with van der Waals surface area (Å²) in [6.45, 7) is 7.65. The SMILES string of the molecule is CCCNCC(=O)NC(CCCCNC(=O)CC(NC(=O)C(C)NC(C)=O)C(=O)CCC)C(N)=O. The summed E-state index contributed by atoms with van der Waals surface area (Å²) in [6.07, 6.45) is 2.83. The third-order valence-corrected chi connectivity index (χ3v) is 5.04. The highest BCUT2D eigenvalue weighted by Crippen LogP contribution is 2.04. The van der Waals surface area contributed by atoms with E-state index in [1.165, 1.54) is 13.8 Å². The third kappa shape index (κ3) is 15.5. The van der Waals surface area contributed by atoms with Gasteiger partial charge in [-0.3, -0.25) is 28.8 Å². The van der Waals surface area contributed by atoms with Crippen molar-refractivity contribution in [2.24, 2.45) is 5.73 Å². The van der Waals surface area contributed by atoms with Crippen molar-refractivity contribution in [1.29, 1.82) is 0 Å². The maximum Gasteiger partial charge on any atom is 0.242 e. The van der Waals surface area contributed by atoms with E-state index in [-0.39, 0.29) is 37.0 Å². The van der Waals surface area contributed by atoms with E-state index >= 15 is 0 Å². The van der Waals surface area contributed by atoms with E-state index in [0.717, 1.165) is 6.42 Å². The molecule has 0 saturated heterocycles. The van der Waals surface area contributed by atoms with Gasteiger partial charge in [-0.05, 0) is 45.6 Å². The van der Waals surface area contributed by atoms with Gasteiger partial charge in [0, 0.05) is 19.9 Å². The fourth-order valence-electron chi connectivity index (χ4n) is 3.20. The second kappa shape index (κ2) is 18.3. The molecule has 12 nitrogen and oxygen atoms in total. The predicted octanol–water partition coefficient (Wildman–Crippen LogP) is -0.989. The molecule has 0 aliphatic heterocycles. The lowest BCUT2D eigenvalue weighted by Crippen LogP contribution is -2.51. The summed E-state index contributed by atoms with van der Waals surface area (Å²) >= 11 is 0. The van der Waals surface area contributed by atoms with Gasteiger partial charge in [0.25, 0.3) is 0 Å². The van der Waals surface area contributed by atoms with Crippen LogP contribution in [0.4, 0.5) is 0 Å². The van der Waals surface area contributed by atoms with Crippen LogP contribution in [0.1, 0.15) is 72.6 Å². The first-order valence-electron chi connectivity index (χ1n) is 12.2. The summed E-state index contributed by atoms with van der Waals surface area (Å²) in [5, 5.41) is 13.2. The molecule has 0 aliphatic carbocycles. The van der Waals surface area contributed by atoms with Gasteiger partial charge in [0.1, 0.15) is 12.1 Å². The summed E-state index contributed by atoms with van der Waals surface area (Å²) in [4.78, 5) is 71.6. The van der Waals surface area contributed by atoms with E-state index < -0.39 is 35.8 Å². The molecule has 3 atom stereocenters. The van der Waals surface area contributed by atoms with Crippen molar-refractivity contribution < 1.29 is 28.8 Å². The largest absolute Gasteiger partial charge is 0.368 e. The summed E-state index contributed by atoms with van der Waals surface area (Å²) < 4.78 is 0. The minimum Gasteiger partial charge on any atom is -0.368 e. The molecule has 0 aromatic rings. The van der Waals surface area contributed by atoms with Crippen LogP contribution in [0.15, 0.2) is 0 Å². The minimum absolute atomic E-state index is 0.103. The van der Waals surface area contributed by atoms with Crippen molar-refractivity contribution in [3.8, 4) is 0 Å². The molecule has 5 amide bonds. The van der Waals surface area contributed by atoms with E-state index in [4.69, 9.17) is 5.73 Å². The first-order chi connectivity index (χ1) is 16.5. The molecule has 0 saturated carbocycles. The first-order valence-corrected chi connectivity index (χ1v) is 12.2. The Kier molecular flexibility index (Phi) is 16.7. The molecular weight excluding hydrogens is 456 g/mol. The van der Waals surface area contributed by atoms with Crippen molar-refractivity contribution >= 4 is 35.3 Å². The molecule has 12 heteroatoms. The zero-order valence-electron chi connectivity index (χ0n) is 21.3. The Morgan fingerprint density at radius 1 is 0.829 bits per heavy atom. The van der Waals surface area contributed by atoms with Gasteiger partial charge in [-0.15, -0.1) is 0 Å². The number of nitrogens with two attached hydrogens (primary N) is 1. The van der Waals surface area contributed by atoms with Gasteiger partial charge in [0.15, 0.2) is 5.78 Å². The van der Waals surface area contributed by atoms with Crippen LogP contribution in [-0.4, -0.2) is 73.1 Å². The highest BCUT2D eigenvalue weighted by molar-refractivity contribution is 5.95. The van der Waals surface area contributed by atoms with Crippen LogP contribution in [0, 0.1) is 0 Å². The molecular formula is C23H42N6O6. The molecule has 0 aromatic carbocycles. The average Bonchev–Trinajstić information content (AvgIpc) is 2.77. The smallest absolute Gasteiger partial charge is 0.242 e. The molecule has 0 radical (unpaired) electrons. The molecule has 35 heavy (non-hydrogen) atoms. The van der Waals surface area contributed by atoms with Crippen LogP contribution >= 0.6 is 0 Å². The summed E-state index contributed by atoms with van der Waals surface area (Å²) in [6, 6.07) is -2.62. The van der Waals surface area contributed by atoms with Crippen molar-refractivity contribution in [1.82, 2.24) is 26.6 Å². The number of carbonyl (C=O) groups excluding carboxylic acids is 6. The van der Waals surface area contributed by atoms with Gasteiger partial charge in [0.2, 0.25) is 29.5 Å². The minimum atomic E-state index is -0.991. The molecule has 200 valence electrons. The number of primary amides is 1. The summed E-state index contributed by atoms with van der Waals surface area (Å²) in [5.74, 6) is -2.54. The molecule has 0 fully saturated rings. The lowest BCUT2D eigenvalue weighted by Gasteiger charge is -2.20. The van der Waals surface area contributed by atoms with Crippen molar-refractivity contribution in [3.63, 3.8) is 0 Å². The molecule has 0 heterocycles. The lowest BCUT2D eigenvalue weighted by molar-refractivity contribution is -0.132. The Hall–Kier alpha value is -3.02. The van der Waals surface area contributed by atoms with Crippen LogP contribution in [0.5, 0.6) is 0 Å². The number of hydrogen-bond acceptors (Lipinski definition) is 7. The van der Waals surface area contributed by atoms with Gasteiger partial charge in [0.05, 0.1) is 19.0 Å². The standard InChI is InChI=1S/C23H42N6O6/c1-5-9-19(31)18(29-23(35)15(3)27-16(4)30)13-20(32)26-12-8-7-10-17(22(24)34)28-21(33)14-25-11-6-2/h15,17-18,25H,5-14H2,1-4H3,(H2,24,34)(H,26,32)(H,27,30)(H,28,33)(H,29,35). The maximum atomic E-state index is 12.4. The van der Waals surface area contributed by atoms with E-state index in [9.17, 15) is 28.8 Å². The highest BCUT2D eigenvalue weighted by atomic mass is 16.2. The monoisotopic (exact) mass is 498 g/mol. The van der Waals surface area contributed by atoms with Crippen molar-refractivity contribution in [3.05, 3.63) is 0 Å². The average molecular weight is 499 g/mol. The molecule has 0 aromatic heterocycles. The van der Waals surface area contributed by atoms with E-state index in [1.807, 2.05) is 13.8 Å². The lowest BCUT2D eigenvalue weighted by atomic mass is 10.0. The van der Waals surface area contributed by atoms with Crippen LogP contribution in [0.25, 0.3) is 0 Å². The maximum absolute atomic E-state index is 12.4. The quantitative estimate of drug-likeness (QED) is 0.123. The van der Waals surface area contributed by atoms with Crippen molar-refractivity contribution in [2.75, 3.05) is 19.6 Å². The highest BCUT2D eigenvalue weighted by Gasteiger charge is 2.25. The summed E-state index contributed by atoms with van der Waals surface area (Å²) in [7, 11) is 0. The van der Waals surface area contributed by atoms with E-state index in [0.29, 0.717) is 38.8 Å². The van der Waals surface area contributed by atoms with Gasteiger partial charge in [-0.25, -0.2) is 0 Å². The first kappa shape index (κ1) is 32.0. The van der Waals surface area contributed by atoms with E-state index in [1.54, 1.807) is 0 Å². The third-order valence-electron chi connectivity index (χ3n) is 5.04. The van der Waals surface area contributed by atoms with Crippen LogP contribution < -0.4 is 32.3 Å². The number of rotatable bonds is 19. The molecule has 7 N–H and O–H groups in total. The molecule has 0 spiro atoms. The van der Waals surface area contributed by atoms with Gasteiger partial charge < -0.3 is 32.3 Å². The number of unbranched alkanes of at least 4 members (excludes halogenated alkanes) is 1. The fraction of sp³-hybridized carbons (Fsp3) is 0.739. The number of amides is 5. The number of Topliss-reactive ketones (excluding diaryl/α,β-unsaturated/α-hetero) is 1. The fourth-order valence-corrected chi connectivity index (χ4v) is 3.20. The number of hydrogen-bond donors (Lipinski definition) is 6. The predicted molar refractivity (Wildman–Crippen MR) is 131 cm³/mol. The topological polar surface area (TPSA) is 189 Å².